The number of thiophene rings is 1. The maximum Gasteiger partial charge on any atom is 0.407 e. The molecule has 0 fully saturated rings. The van der Waals surface area contributed by atoms with Crippen molar-refractivity contribution in [2.45, 2.75) is 12.2 Å². The Morgan fingerprint density at radius 1 is 1.19 bits per heavy atom. The number of alkyl halides is 3. The van der Waals surface area contributed by atoms with Gasteiger partial charge >= 0.3 is 6.18 Å². The molecule has 0 saturated carbocycles. The van der Waals surface area contributed by atoms with Gasteiger partial charge in [-0.3, -0.25) is 0 Å². The highest BCUT2D eigenvalue weighted by molar-refractivity contribution is 7.17. The van der Waals surface area contributed by atoms with Gasteiger partial charge in [-0.25, -0.2) is 0 Å². The molecular weight excluding hydrogens is 259 g/mol. The molecule has 16 heavy (non-hydrogen) atoms. The van der Waals surface area contributed by atoms with Crippen molar-refractivity contribution in [2.24, 2.45) is 5.73 Å². The molecule has 0 amide bonds. The second kappa shape index (κ2) is 4.61. The Labute approximate surface area is 100 Å². The molecule has 0 bridgehead atoms. The van der Waals surface area contributed by atoms with E-state index in [1.54, 1.807) is 24.3 Å². The number of benzene rings is 1. The molecule has 0 spiro atoms. The Morgan fingerprint density at radius 2 is 1.81 bits per heavy atom. The average Bonchev–Trinajstić information content (AvgIpc) is 2.58. The van der Waals surface area contributed by atoms with Crippen LogP contribution in [0.2, 0.25) is 0 Å². The lowest BCUT2D eigenvalue weighted by atomic mass is 10.1. The summed E-state index contributed by atoms with van der Waals surface area (Å²) in [5.41, 5.74) is 5.32. The van der Waals surface area contributed by atoms with Gasteiger partial charge in [-0.2, -0.15) is 13.2 Å². The molecule has 2 N–H and O–H groups in total. The van der Waals surface area contributed by atoms with Crippen LogP contribution in [0.4, 0.5) is 13.2 Å². The summed E-state index contributed by atoms with van der Waals surface area (Å²) in [6, 6.07) is 5.05. The van der Waals surface area contributed by atoms with Gasteiger partial charge in [-0.15, -0.1) is 23.7 Å². The molecule has 1 atom stereocenters. The number of hydrogen-bond acceptors (Lipinski definition) is 2. The second-order valence-electron chi connectivity index (χ2n) is 3.21. The quantitative estimate of drug-likeness (QED) is 0.834. The molecular formula is C10H9ClF3NS. The van der Waals surface area contributed by atoms with E-state index < -0.39 is 12.2 Å². The van der Waals surface area contributed by atoms with Crippen molar-refractivity contribution >= 4 is 33.8 Å². The van der Waals surface area contributed by atoms with Crippen LogP contribution in [0.3, 0.4) is 0 Å². The van der Waals surface area contributed by atoms with Crippen LogP contribution in [-0.2, 0) is 0 Å². The van der Waals surface area contributed by atoms with Crippen LogP contribution in [0, 0.1) is 0 Å². The smallest absolute Gasteiger partial charge is 0.316 e. The van der Waals surface area contributed by atoms with E-state index >= 15 is 0 Å². The fourth-order valence-corrected chi connectivity index (χ4v) is 2.41. The van der Waals surface area contributed by atoms with Gasteiger partial charge in [0.15, 0.2) is 0 Å². The van der Waals surface area contributed by atoms with E-state index in [1.165, 1.54) is 16.7 Å². The van der Waals surface area contributed by atoms with Crippen LogP contribution >= 0.6 is 23.7 Å². The molecule has 6 heteroatoms. The summed E-state index contributed by atoms with van der Waals surface area (Å²) in [6.45, 7) is 0. The van der Waals surface area contributed by atoms with Crippen LogP contribution < -0.4 is 5.73 Å². The number of hydrogen-bond donors (Lipinski definition) is 1. The van der Waals surface area contributed by atoms with E-state index in [4.69, 9.17) is 5.73 Å². The highest BCUT2D eigenvalue weighted by Crippen LogP contribution is 2.37. The summed E-state index contributed by atoms with van der Waals surface area (Å²) in [5.74, 6) is 0. The van der Waals surface area contributed by atoms with Crippen LogP contribution in [0.1, 0.15) is 11.6 Å². The first-order valence-electron chi connectivity index (χ1n) is 4.28. The van der Waals surface area contributed by atoms with Gasteiger partial charge in [0.2, 0.25) is 0 Å². The van der Waals surface area contributed by atoms with E-state index in [-0.39, 0.29) is 18.0 Å². The lowest BCUT2D eigenvalue weighted by Crippen LogP contribution is -2.28. The maximum absolute atomic E-state index is 12.4. The Balaban J connectivity index is 0.00000128. The largest absolute Gasteiger partial charge is 0.407 e. The van der Waals surface area contributed by atoms with Crippen molar-refractivity contribution in [1.82, 2.24) is 0 Å². The highest BCUT2D eigenvalue weighted by Gasteiger charge is 2.38. The van der Waals surface area contributed by atoms with Crippen molar-refractivity contribution in [3.8, 4) is 0 Å². The monoisotopic (exact) mass is 267 g/mol. The number of rotatable bonds is 1. The molecule has 1 nitrogen and oxygen atoms in total. The Kier molecular flexibility index (Phi) is 3.83. The lowest BCUT2D eigenvalue weighted by molar-refractivity contribution is -0.148. The zero-order valence-corrected chi connectivity index (χ0v) is 9.62. The van der Waals surface area contributed by atoms with E-state index in [9.17, 15) is 13.2 Å². The van der Waals surface area contributed by atoms with Gasteiger partial charge in [0.1, 0.15) is 6.04 Å². The average molecular weight is 268 g/mol. The third-order valence-corrected chi connectivity index (χ3v) is 3.18. The first-order valence-corrected chi connectivity index (χ1v) is 5.16. The summed E-state index contributed by atoms with van der Waals surface area (Å²) < 4.78 is 38.1. The molecule has 2 rings (SSSR count). The van der Waals surface area contributed by atoms with Gasteiger partial charge in [0, 0.05) is 4.70 Å². The van der Waals surface area contributed by atoms with E-state index in [2.05, 4.69) is 0 Å². The molecule has 1 heterocycles. The molecule has 0 aliphatic heterocycles. The predicted octanol–water partition coefficient (Wildman–Crippen LogP) is 3.89. The standard InChI is InChI=1S/C10H8F3NS.ClH/c11-10(12,13)9(14)7-5-15-8-4-2-1-3-6(7)8;/h1-5,9H,14H2;1H/t9-;/m0./s1. The summed E-state index contributed by atoms with van der Waals surface area (Å²) in [6.07, 6.45) is -4.39. The Bertz CT molecular complexity index is 480. The van der Waals surface area contributed by atoms with Crippen LogP contribution in [0.25, 0.3) is 10.1 Å². The minimum atomic E-state index is -4.39. The van der Waals surface area contributed by atoms with E-state index in [0.717, 1.165) is 4.70 Å². The molecule has 2 aromatic rings. The topological polar surface area (TPSA) is 26.0 Å². The van der Waals surface area contributed by atoms with E-state index in [0.29, 0.717) is 5.39 Å². The molecule has 0 unspecified atom stereocenters. The molecule has 88 valence electrons. The van der Waals surface area contributed by atoms with Gasteiger partial charge in [0.25, 0.3) is 0 Å². The maximum atomic E-state index is 12.4. The first-order chi connectivity index (χ1) is 7.00. The van der Waals surface area contributed by atoms with Gasteiger partial charge in [0.05, 0.1) is 0 Å². The fourth-order valence-electron chi connectivity index (χ4n) is 1.42. The van der Waals surface area contributed by atoms with Crippen LogP contribution in [0.15, 0.2) is 29.6 Å². The van der Waals surface area contributed by atoms with Crippen molar-refractivity contribution in [2.75, 3.05) is 0 Å². The molecule has 1 aromatic heterocycles. The molecule has 0 saturated heterocycles. The summed E-state index contributed by atoms with van der Waals surface area (Å²) in [4.78, 5) is 0. The second-order valence-corrected chi connectivity index (χ2v) is 4.12. The minimum Gasteiger partial charge on any atom is -0.316 e. The zero-order chi connectivity index (χ0) is 11.1. The highest BCUT2D eigenvalue weighted by atomic mass is 35.5. The molecule has 0 aliphatic carbocycles. The summed E-state index contributed by atoms with van der Waals surface area (Å²) in [7, 11) is 0. The van der Waals surface area contributed by atoms with Crippen LogP contribution in [0.5, 0.6) is 0 Å². The van der Waals surface area contributed by atoms with Crippen molar-refractivity contribution in [1.29, 1.82) is 0 Å². The number of fused-ring (bicyclic) bond motifs is 1. The first kappa shape index (κ1) is 13.3. The van der Waals surface area contributed by atoms with Crippen molar-refractivity contribution < 1.29 is 13.2 Å². The van der Waals surface area contributed by atoms with Crippen LogP contribution in [-0.4, -0.2) is 6.18 Å². The van der Waals surface area contributed by atoms with Gasteiger partial charge in [-0.1, -0.05) is 18.2 Å². The Morgan fingerprint density at radius 3 is 2.44 bits per heavy atom. The van der Waals surface area contributed by atoms with Crippen molar-refractivity contribution in [3.63, 3.8) is 0 Å². The van der Waals surface area contributed by atoms with Gasteiger partial charge in [-0.05, 0) is 22.4 Å². The fraction of sp³-hybridized carbons (Fsp3) is 0.200. The predicted molar refractivity (Wildman–Crippen MR) is 62.1 cm³/mol. The summed E-state index contributed by atoms with van der Waals surface area (Å²) in [5, 5.41) is 2.07. The zero-order valence-electron chi connectivity index (χ0n) is 7.99. The SMILES string of the molecule is Cl.N[C@@H](c1csc2ccccc12)C(F)(F)F. The van der Waals surface area contributed by atoms with Crippen molar-refractivity contribution in [3.05, 3.63) is 35.2 Å². The summed E-state index contributed by atoms with van der Waals surface area (Å²) >= 11 is 1.28. The molecule has 0 radical (unpaired) electrons. The number of halogens is 4. The normalized spacial score (nSPS) is 13.5. The van der Waals surface area contributed by atoms with E-state index in [1.807, 2.05) is 0 Å². The number of nitrogens with two attached hydrogens (primary N) is 1. The molecule has 0 aliphatic rings. The minimum absolute atomic E-state index is 0. The molecule has 1 aromatic carbocycles. The lowest BCUT2D eigenvalue weighted by Gasteiger charge is -2.14. The third-order valence-electron chi connectivity index (χ3n) is 2.20. The van der Waals surface area contributed by atoms with Gasteiger partial charge < -0.3 is 5.73 Å². The Hall–Kier alpha value is -0.780. The third kappa shape index (κ3) is 2.31.